The lowest BCUT2D eigenvalue weighted by molar-refractivity contribution is 0.0746. The predicted octanol–water partition coefficient (Wildman–Crippen LogP) is 2.88. The number of alkyl halides is 2. The highest BCUT2D eigenvalue weighted by atomic mass is 19.3. The maximum Gasteiger partial charge on any atom is 0.320 e. The molecule has 14 heavy (non-hydrogen) atoms. The number of aryl methyl sites for hydroxylation is 1. The topological polar surface area (TPSA) is 17.8 Å². The zero-order valence-corrected chi connectivity index (χ0v) is 7.34. The number of hydrogen-bond donors (Lipinski definition) is 0. The van der Waals surface area contributed by atoms with Gasteiger partial charge in [0.2, 0.25) is 0 Å². The van der Waals surface area contributed by atoms with E-state index in [0.717, 1.165) is 6.33 Å². The molecule has 0 amide bonds. The maximum absolute atomic E-state index is 13.4. The van der Waals surface area contributed by atoms with Crippen LogP contribution >= 0.6 is 0 Å². The van der Waals surface area contributed by atoms with E-state index in [1.807, 2.05) is 0 Å². The van der Waals surface area contributed by atoms with Crippen LogP contribution in [0.15, 0.2) is 18.5 Å². The fraction of sp³-hybridized carbons (Fsp3) is 0.222. The Morgan fingerprint density at radius 3 is 2.71 bits per heavy atom. The number of halogens is 3. The number of hydrogen-bond acceptors (Lipinski definition) is 1. The first-order valence-corrected chi connectivity index (χ1v) is 4.01. The molecule has 1 heterocycles. The number of benzene rings is 1. The molecule has 0 N–H and O–H groups in total. The zero-order valence-electron chi connectivity index (χ0n) is 7.34. The van der Waals surface area contributed by atoms with Crippen molar-refractivity contribution in [1.82, 2.24) is 9.55 Å². The van der Waals surface area contributed by atoms with Crippen LogP contribution in [0.1, 0.15) is 12.1 Å². The number of aromatic nitrogens is 2. The van der Waals surface area contributed by atoms with Gasteiger partial charge in [0, 0.05) is 0 Å². The quantitative estimate of drug-likeness (QED) is 0.692. The van der Waals surface area contributed by atoms with Crippen molar-refractivity contribution in [2.75, 3.05) is 0 Å². The normalized spacial score (nSPS) is 11.5. The smallest absolute Gasteiger partial charge is 0.273 e. The Labute approximate surface area is 78.0 Å². The molecule has 0 atom stereocenters. The van der Waals surface area contributed by atoms with Crippen molar-refractivity contribution in [2.45, 2.75) is 13.5 Å². The highest BCUT2D eigenvalue weighted by Gasteiger charge is 2.14. The van der Waals surface area contributed by atoms with Crippen molar-refractivity contribution in [3.8, 4) is 0 Å². The Morgan fingerprint density at radius 2 is 2.07 bits per heavy atom. The van der Waals surface area contributed by atoms with Crippen LogP contribution in [0.3, 0.4) is 0 Å². The van der Waals surface area contributed by atoms with Gasteiger partial charge in [-0.05, 0) is 18.6 Å². The average Bonchev–Trinajstić information content (AvgIpc) is 2.55. The van der Waals surface area contributed by atoms with Crippen LogP contribution in [0, 0.1) is 12.7 Å². The van der Waals surface area contributed by atoms with Gasteiger partial charge in [0.05, 0.1) is 5.52 Å². The molecular weight excluding hydrogens is 193 g/mol. The summed E-state index contributed by atoms with van der Waals surface area (Å²) in [6.45, 7) is -1.13. The minimum atomic E-state index is -2.69. The highest BCUT2D eigenvalue weighted by Crippen LogP contribution is 2.23. The van der Waals surface area contributed by atoms with E-state index in [-0.39, 0.29) is 11.0 Å². The van der Waals surface area contributed by atoms with Gasteiger partial charge in [0.25, 0.3) is 0 Å². The van der Waals surface area contributed by atoms with E-state index >= 15 is 0 Å². The second-order valence-corrected chi connectivity index (χ2v) is 2.99. The lowest BCUT2D eigenvalue weighted by atomic mass is 10.2. The molecule has 5 heteroatoms. The van der Waals surface area contributed by atoms with Crippen molar-refractivity contribution < 1.29 is 13.2 Å². The molecule has 0 radical (unpaired) electrons. The monoisotopic (exact) mass is 200 g/mol. The minimum absolute atomic E-state index is 0.00898. The van der Waals surface area contributed by atoms with Crippen LogP contribution in [-0.2, 0) is 0 Å². The fourth-order valence-electron chi connectivity index (χ4n) is 1.32. The number of rotatable bonds is 1. The van der Waals surface area contributed by atoms with Gasteiger partial charge in [-0.1, -0.05) is 6.07 Å². The molecule has 0 unspecified atom stereocenters. The molecule has 2 rings (SSSR count). The van der Waals surface area contributed by atoms with Gasteiger partial charge >= 0.3 is 6.55 Å². The summed E-state index contributed by atoms with van der Waals surface area (Å²) < 4.78 is 38.7. The molecular formula is C9H7F3N2. The molecule has 0 aliphatic heterocycles. The largest absolute Gasteiger partial charge is 0.320 e. The first-order valence-electron chi connectivity index (χ1n) is 4.01. The van der Waals surface area contributed by atoms with E-state index in [2.05, 4.69) is 4.98 Å². The van der Waals surface area contributed by atoms with Gasteiger partial charge in [-0.3, -0.25) is 4.57 Å². The molecule has 0 spiro atoms. The van der Waals surface area contributed by atoms with Crippen LogP contribution < -0.4 is 0 Å². The third-order valence-corrected chi connectivity index (χ3v) is 2.09. The Balaban J connectivity index is 2.77. The molecule has 1 aromatic heterocycles. The van der Waals surface area contributed by atoms with Crippen molar-refractivity contribution in [1.29, 1.82) is 0 Å². The maximum atomic E-state index is 13.4. The Bertz CT molecular complexity index is 476. The summed E-state index contributed by atoms with van der Waals surface area (Å²) in [6.07, 6.45) is 0.942. The number of nitrogens with zero attached hydrogens (tertiary/aromatic N) is 2. The average molecular weight is 200 g/mol. The lowest BCUT2D eigenvalue weighted by Crippen LogP contribution is -1.95. The minimum Gasteiger partial charge on any atom is -0.273 e. The second-order valence-electron chi connectivity index (χ2n) is 2.99. The summed E-state index contributed by atoms with van der Waals surface area (Å²) in [7, 11) is 0. The molecule has 0 saturated carbocycles. The van der Waals surface area contributed by atoms with Gasteiger partial charge in [0.15, 0.2) is 5.82 Å². The van der Waals surface area contributed by atoms with E-state index in [1.165, 1.54) is 12.1 Å². The molecule has 0 fully saturated rings. The summed E-state index contributed by atoms with van der Waals surface area (Å²) in [4.78, 5) is 3.61. The van der Waals surface area contributed by atoms with Crippen molar-refractivity contribution in [2.24, 2.45) is 0 Å². The number of fused-ring (bicyclic) bond motifs is 1. The van der Waals surface area contributed by atoms with Crippen LogP contribution in [0.2, 0.25) is 0 Å². The molecule has 2 nitrogen and oxygen atoms in total. The van der Waals surface area contributed by atoms with E-state index in [1.54, 1.807) is 6.92 Å². The van der Waals surface area contributed by atoms with Crippen LogP contribution in [0.5, 0.6) is 0 Å². The Hall–Kier alpha value is -1.52. The molecule has 74 valence electrons. The summed E-state index contributed by atoms with van der Waals surface area (Å²) in [5.41, 5.74) is 0.505. The van der Waals surface area contributed by atoms with E-state index < -0.39 is 12.4 Å². The van der Waals surface area contributed by atoms with Crippen LogP contribution in [-0.4, -0.2) is 9.55 Å². The lowest BCUT2D eigenvalue weighted by Gasteiger charge is -2.02. The van der Waals surface area contributed by atoms with E-state index in [0.29, 0.717) is 10.1 Å². The predicted molar refractivity (Wildman–Crippen MR) is 45.7 cm³/mol. The third kappa shape index (κ3) is 1.16. The molecule has 1 aromatic carbocycles. The molecule has 0 aliphatic rings. The first-order chi connectivity index (χ1) is 6.61. The summed E-state index contributed by atoms with van der Waals surface area (Å²) >= 11 is 0. The Morgan fingerprint density at radius 1 is 1.36 bits per heavy atom. The van der Waals surface area contributed by atoms with Gasteiger partial charge < -0.3 is 0 Å². The number of imidazole rings is 1. The van der Waals surface area contributed by atoms with E-state index in [9.17, 15) is 13.2 Å². The van der Waals surface area contributed by atoms with Crippen molar-refractivity contribution >= 4 is 11.0 Å². The third-order valence-electron chi connectivity index (χ3n) is 2.09. The van der Waals surface area contributed by atoms with Crippen molar-refractivity contribution in [3.05, 3.63) is 29.8 Å². The molecule has 0 bridgehead atoms. The standard InChI is InChI=1S/C9H7F3N2/c1-5-2-3-6-8(7(5)10)13-4-14(6)9(11)12/h2-4,9H,1H3. The summed E-state index contributed by atoms with van der Waals surface area (Å²) in [6, 6.07) is 2.89. The van der Waals surface area contributed by atoms with Gasteiger partial charge in [-0.2, -0.15) is 8.78 Å². The summed E-state index contributed by atoms with van der Waals surface area (Å²) in [5, 5.41) is 0. The molecule has 0 aliphatic carbocycles. The van der Waals surface area contributed by atoms with Crippen molar-refractivity contribution in [3.63, 3.8) is 0 Å². The first kappa shape index (κ1) is 9.05. The molecule has 0 saturated heterocycles. The van der Waals surface area contributed by atoms with Crippen LogP contribution in [0.4, 0.5) is 13.2 Å². The van der Waals surface area contributed by atoms with Gasteiger partial charge in [-0.15, -0.1) is 0 Å². The van der Waals surface area contributed by atoms with E-state index in [4.69, 9.17) is 0 Å². The SMILES string of the molecule is Cc1ccc2c(ncn2C(F)F)c1F. The zero-order chi connectivity index (χ0) is 10.3. The van der Waals surface area contributed by atoms with Gasteiger partial charge in [-0.25, -0.2) is 9.37 Å². The van der Waals surface area contributed by atoms with Crippen LogP contribution in [0.25, 0.3) is 11.0 Å². The Kier molecular flexibility index (Phi) is 1.94. The second kappa shape index (κ2) is 3.01. The highest BCUT2D eigenvalue weighted by molar-refractivity contribution is 5.76. The molecule has 2 aromatic rings. The van der Waals surface area contributed by atoms with Gasteiger partial charge in [0.1, 0.15) is 11.8 Å². The fourth-order valence-corrected chi connectivity index (χ4v) is 1.32. The summed E-state index contributed by atoms with van der Waals surface area (Å²) in [5.74, 6) is -0.540.